The summed E-state index contributed by atoms with van der Waals surface area (Å²) in [6.07, 6.45) is -3.47. The fourth-order valence-electron chi connectivity index (χ4n) is 4.20. The van der Waals surface area contributed by atoms with Crippen LogP contribution in [0.25, 0.3) is 11.1 Å². The number of hydrogen-bond acceptors (Lipinski definition) is 5. The molecule has 1 atom stereocenters. The number of ether oxygens (including phenoxy) is 2. The molecule has 0 bridgehead atoms. The Morgan fingerprint density at radius 1 is 1.00 bits per heavy atom. The van der Waals surface area contributed by atoms with Crippen LogP contribution in [0.2, 0.25) is 0 Å². The lowest BCUT2D eigenvalue weighted by molar-refractivity contribution is -0.137. The predicted octanol–water partition coefficient (Wildman–Crippen LogP) is 5.01. The van der Waals surface area contributed by atoms with Crippen molar-refractivity contribution < 1.29 is 32.0 Å². The second-order valence-electron chi connectivity index (χ2n) is 8.36. The third kappa shape index (κ3) is 4.44. The van der Waals surface area contributed by atoms with E-state index in [4.69, 9.17) is 9.47 Å². The van der Waals surface area contributed by atoms with Crippen LogP contribution in [0.15, 0.2) is 65.6 Å². The van der Waals surface area contributed by atoms with E-state index in [-0.39, 0.29) is 24.0 Å². The lowest BCUT2D eigenvalue weighted by atomic mass is 9.94. The van der Waals surface area contributed by atoms with E-state index in [2.05, 4.69) is 10.0 Å². The van der Waals surface area contributed by atoms with Gasteiger partial charge in [-0.3, -0.25) is 4.79 Å². The van der Waals surface area contributed by atoms with E-state index >= 15 is 0 Å². The zero-order valence-electron chi connectivity index (χ0n) is 18.6. The molecule has 0 saturated heterocycles. The van der Waals surface area contributed by atoms with Crippen molar-refractivity contribution in [1.82, 2.24) is 4.72 Å². The molecule has 1 fully saturated rings. The lowest BCUT2D eigenvalue weighted by Crippen LogP contribution is -2.28. The number of halogens is 3. The van der Waals surface area contributed by atoms with Crippen LogP contribution in [0.5, 0.6) is 11.5 Å². The molecule has 35 heavy (non-hydrogen) atoms. The maximum Gasteiger partial charge on any atom is 0.417 e. The quantitative estimate of drug-likeness (QED) is 0.463. The molecule has 0 spiro atoms. The summed E-state index contributed by atoms with van der Waals surface area (Å²) in [6.45, 7) is 0.112. The molecule has 1 aliphatic heterocycles. The summed E-state index contributed by atoms with van der Waals surface area (Å²) in [7, 11) is 1.52. The monoisotopic (exact) mass is 502 g/mol. The highest BCUT2D eigenvalue weighted by molar-refractivity contribution is 7.89. The van der Waals surface area contributed by atoms with Gasteiger partial charge in [0.05, 0.1) is 22.3 Å². The largest absolute Gasteiger partial charge is 0.593 e. The molecule has 0 aromatic heterocycles. The highest BCUT2D eigenvalue weighted by atomic mass is 32.2. The minimum atomic E-state index is -4.64. The molecule has 1 saturated carbocycles. The lowest BCUT2D eigenvalue weighted by Gasteiger charge is -2.19. The molecule has 2 aliphatic rings. The van der Waals surface area contributed by atoms with Gasteiger partial charge in [-0.1, -0.05) is 12.1 Å². The average molecular weight is 503 g/mol. The van der Waals surface area contributed by atoms with E-state index in [1.54, 1.807) is 18.2 Å². The van der Waals surface area contributed by atoms with Gasteiger partial charge >= 0.3 is 6.18 Å². The van der Waals surface area contributed by atoms with Gasteiger partial charge in [0.25, 0.3) is 0 Å². The summed E-state index contributed by atoms with van der Waals surface area (Å²) in [5, 5.41) is 2.67. The van der Waals surface area contributed by atoms with Crippen LogP contribution >= 0.6 is 0 Å². The van der Waals surface area contributed by atoms with Crippen molar-refractivity contribution in [3.05, 3.63) is 71.8 Å². The topological polar surface area (TPSA) is 82.7 Å². The molecule has 182 valence electrons. The van der Waals surface area contributed by atoms with E-state index in [1.165, 1.54) is 43.4 Å². The van der Waals surface area contributed by atoms with Crippen molar-refractivity contribution in [1.29, 1.82) is 0 Å². The molecule has 1 aliphatic carbocycles. The molecule has 5 rings (SSSR count). The van der Waals surface area contributed by atoms with Gasteiger partial charge in [0.2, 0.25) is 12.7 Å². The van der Waals surface area contributed by atoms with Crippen LogP contribution in [0, 0.1) is 0 Å². The number of benzene rings is 3. The van der Waals surface area contributed by atoms with Gasteiger partial charge in [0.1, 0.15) is 0 Å². The molecule has 1 amide bonds. The molecule has 1 unspecified atom stereocenters. The smallest absolute Gasteiger partial charge is 0.417 e. The highest BCUT2D eigenvalue weighted by Gasteiger charge is 2.51. The first kappa shape index (κ1) is 23.5. The summed E-state index contributed by atoms with van der Waals surface area (Å²) in [5.41, 5.74) is -0.584. The molecule has 10 heteroatoms. The molecular formula is C25H21F3N2O4S. The van der Waals surface area contributed by atoms with Gasteiger partial charge in [-0.05, 0) is 78.1 Å². The zero-order valence-corrected chi connectivity index (χ0v) is 19.4. The molecule has 2 N–H and O–H groups in total. The summed E-state index contributed by atoms with van der Waals surface area (Å²) < 4.78 is 67.0. The molecule has 3 aromatic carbocycles. The molecule has 3 aromatic rings. The Kier molecular flexibility index (Phi) is 5.90. The van der Waals surface area contributed by atoms with Gasteiger partial charge in [0, 0.05) is 12.7 Å². The minimum Gasteiger partial charge on any atom is -0.593 e. The Labute approximate surface area is 202 Å². The summed E-state index contributed by atoms with van der Waals surface area (Å²) in [6, 6.07) is 15.0. The Morgan fingerprint density at radius 3 is 2.37 bits per heavy atom. The van der Waals surface area contributed by atoms with Crippen molar-refractivity contribution in [3.8, 4) is 22.6 Å². The van der Waals surface area contributed by atoms with Crippen LogP contribution in [-0.4, -0.2) is 24.3 Å². The average Bonchev–Trinajstić information content (AvgIpc) is 3.54. The van der Waals surface area contributed by atoms with Crippen molar-refractivity contribution in [2.75, 3.05) is 19.2 Å². The summed E-state index contributed by atoms with van der Waals surface area (Å²) in [4.78, 5) is 13.6. The van der Waals surface area contributed by atoms with Crippen molar-refractivity contribution in [2.24, 2.45) is 0 Å². The Bertz CT molecular complexity index is 1280. The van der Waals surface area contributed by atoms with Crippen molar-refractivity contribution in [3.63, 3.8) is 0 Å². The van der Waals surface area contributed by atoms with Gasteiger partial charge in [-0.2, -0.15) is 13.2 Å². The maximum atomic E-state index is 14.0. The number of hydrogen-bond donors (Lipinski definition) is 2. The Morgan fingerprint density at radius 2 is 1.71 bits per heavy atom. The molecule has 6 nitrogen and oxygen atoms in total. The third-order valence-electron chi connectivity index (χ3n) is 6.26. The van der Waals surface area contributed by atoms with E-state index in [0.29, 0.717) is 34.8 Å². The number of carbonyl (C=O) groups excluding carboxylic acids is 1. The molecular weight excluding hydrogens is 481 g/mol. The van der Waals surface area contributed by atoms with E-state index < -0.39 is 28.5 Å². The SMILES string of the molecule is CN[S+]([O-])c1ccc(-c2ccc(NC(=O)C3(c4ccc5c(c4)OCO5)CC3)cc2C(F)(F)F)cc1. The highest BCUT2D eigenvalue weighted by Crippen LogP contribution is 2.51. The third-order valence-corrected chi connectivity index (χ3v) is 7.33. The van der Waals surface area contributed by atoms with Crippen LogP contribution in [0.4, 0.5) is 18.9 Å². The van der Waals surface area contributed by atoms with Crippen molar-refractivity contribution in [2.45, 2.75) is 29.3 Å². The summed E-state index contributed by atoms with van der Waals surface area (Å²) in [5.74, 6) is 0.784. The van der Waals surface area contributed by atoms with E-state index in [9.17, 15) is 22.5 Å². The number of amides is 1. The van der Waals surface area contributed by atoms with Crippen LogP contribution < -0.4 is 19.5 Å². The Hall–Kier alpha value is -3.21. The second-order valence-corrected chi connectivity index (χ2v) is 9.78. The predicted molar refractivity (Wildman–Crippen MR) is 124 cm³/mol. The first-order valence-corrected chi connectivity index (χ1v) is 12.0. The van der Waals surface area contributed by atoms with Crippen LogP contribution in [0.1, 0.15) is 24.0 Å². The van der Waals surface area contributed by atoms with Gasteiger partial charge < -0.3 is 19.3 Å². The second kappa shape index (κ2) is 8.78. The van der Waals surface area contributed by atoms with Crippen molar-refractivity contribution >= 4 is 23.0 Å². The number of alkyl halides is 3. The first-order chi connectivity index (χ1) is 16.7. The summed E-state index contributed by atoms with van der Waals surface area (Å²) >= 11 is -1.44. The fraction of sp³-hybridized carbons (Fsp3) is 0.240. The zero-order chi connectivity index (χ0) is 24.8. The van der Waals surface area contributed by atoms with Gasteiger partial charge in [-0.15, -0.1) is 4.72 Å². The first-order valence-electron chi connectivity index (χ1n) is 10.8. The number of nitrogens with one attached hydrogen (secondary N) is 2. The van der Waals surface area contributed by atoms with E-state index in [1.807, 2.05) is 0 Å². The standard InChI is InChI=1S/C25H21F3N2O4S/c1-29-35(32)18-6-2-15(3-7-18)19-8-5-17(13-20(19)25(26,27)28)30-23(31)24(10-11-24)16-4-9-21-22(12-16)34-14-33-21/h2-9,12-13,29H,10-11,14H2,1H3,(H,30,31). The maximum absolute atomic E-state index is 14.0. The Balaban J connectivity index is 1.41. The number of carbonyl (C=O) groups is 1. The molecule has 0 radical (unpaired) electrons. The minimum absolute atomic E-state index is 0.0332. The molecule has 1 heterocycles. The van der Waals surface area contributed by atoms with Gasteiger partial charge in [-0.25, -0.2) is 0 Å². The number of fused-ring (bicyclic) bond motifs is 1. The number of anilines is 1. The van der Waals surface area contributed by atoms with Crippen LogP contribution in [-0.2, 0) is 27.7 Å². The van der Waals surface area contributed by atoms with Gasteiger partial charge in [0.15, 0.2) is 16.4 Å². The number of rotatable bonds is 6. The normalized spacial score (nSPS) is 16.6. The van der Waals surface area contributed by atoms with E-state index in [0.717, 1.165) is 11.6 Å². The fourth-order valence-corrected chi connectivity index (χ4v) is 4.82. The van der Waals surface area contributed by atoms with Crippen LogP contribution in [0.3, 0.4) is 0 Å².